The maximum atomic E-state index is 7.06. The summed E-state index contributed by atoms with van der Waals surface area (Å²) in [4.78, 5) is 12.8. The number of rotatable bonds is 9. The number of ether oxygens (including phenoxy) is 1. The molecule has 0 bridgehead atoms. The van der Waals surface area contributed by atoms with Crippen LogP contribution < -0.4 is 50.8 Å². The topological polar surface area (TPSA) is 45.6 Å². The Bertz CT molecular complexity index is 5390. The van der Waals surface area contributed by atoms with Gasteiger partial charge in [0.2, 0.25) is 0 Å². The minimum absolute atomic E-state index is 0. The number of nitrogens with zero attached hydrogens (tertiary/aromatic N) is 7. The van der Waals surface area contributed by atoms with E-state index in [2.05, 4.69) is 327 Å². The molecule has 0 N–H and O–H groups in total. The van der Waals surface area contributed by atoms with Crippen molar-refractivity contribution in [2.45, 2.75) is 13.1 Å². The Balaban J connectivity index is 0.00000614. The zero-order chi connectivity index (χ0) is 59.3. The third-order valence-electron chi connectivity index (χ3n) is 19.1. The van der Waals surface area contributed by atoms with Crippen LogP contribution in [-0.2, 0) is 21.1 Å². The Labute approximate surface area is 542 Å². The number of benzene rings is 12. The van der Waals surface area contributed by atoms with Gasteiger partial charge in [-0.05, 0) is 123 Å². The summed E-state index contributed by atoms with van der Waals surface area (Å²) >= 11 is 0. The molecule has 0 saturated carbocycles. The van der Waals surface area contributed by atoms with Crippen LogP contribution in [0.5, 0.6) is 11.5 Å². The van der Waals surface area contributed by atoms with Gasteiger partial charge in [0.15, 0.2) is 0 Å². The zero-order valence-corrected chi connectivity index (χ0v) is 52.8. The first-order valence-corrected chi connectivity index (χ1v) is 33.7. The van der Waals surface area contributed by atoms with Crippen molar-refractivity contribution in [3.05, 3.63) is 298 Å². The van der Waals surface area contributed by atoms with Gasteiger partial charge in [0.1, 0.15) is 5.65 Å². The van der Waals surface area contributed by atoms with E-state index < -0.39 is 8.07 Å². The van der Waals surface area contributed by atoms with Crippen LogP contribution in [-0.4, -0.2) is 28.9 Å². The number of anilines is 9. The number of hydrogen-bond acceptors (Lipinski definition) is 5. The summed E-state index contributed by atoms with van der Waals surface area (Å²) in [5.41, 5.74) is 25.4. The Kier molecular flexibility index (Phi) is 11.9. The fourth-order valence-corrected chi connectivity index (χ4v) is 18.2. The molecule has 19 rings (SSSR count). The second-order valence-electron chi connectivity index (χ2n) is 24.2. The fourth-order valence-electron chi connectivity index (χ4n) is 15.3. The van der Waals surface area contributed by atoms with Crippen molar-refractivity contribution in [1.29, 1.82) is 0 Å². The molecule has 91 heavy (non-hydrogen) atoms. The van der Waals surface area contributed by atoms with Gasteiger partial charge in [0.05, 0.1) is 27.9 Å². The maximum Gasteiger partial charge on any atom is 0.268 e. The van der Waals surface area contributed by atoms with Crippen LogP contribution in [0.2, 0.25) is 13.1 Å². The molecule has 0 unspecified atom stereocenters. The molecule has 432 valence electrons. The maximum absolute atomic E-state index is 7.06. The standard InChI is InChI=1S/C80H52BN7OSi.Pt/c1-90(2)71-46-45-59(49-68(71)84-51-83(67-43-22-44-72(90)78(67)84)77-60(52-24-8-3-9-25-52)36-19-37-61(77)53-26-10-4-11-27-53)89-58-35-18-34-57(48-58)88-69-50-70-76-79(73(69)62-38-23-47-82-80(62)88)87(56-32-16-7-17-33-56)66-42-21-40-64-75(66)81(76)74-63(85(64)54-28-12-5-13-29-54)39-20-41-65(74)86(70)55-30-14-6-15-31-55;/h3-47,50H,1-2H3;/q-2;. The van der Waals surface area contributed by atoms with E-state index in [1.165, 1.54) is 38.1 Å². The summed E-state index contributed by atoms with van der Waals surface area (Å²) in [6, 6.07) is 106. The molecule has 7 heterocycles. The van der Waals surface area contributed by atoms with Gasteiger partial charge in [0.25, 0.3) is 13.0 Å². The van der Waals surface area contributed by atoms with Gasteiger partial charge in [-0.15, -0.1) is 35.5 Å². The van der Waals surface area contributed by atoms with Gasteiger partial charge in [-0.2, -0.15) is 12.1 Å². The van der Waals surface area contributed by atoms with E-state index >= 15 is 0 Å². The molecule has 0 fully saturated rings. The number of para-hydroxylation sites is 5. The van der Waals surface area contributed by atoms with Crippen LogP contribution in [0.25, 0.3) is 72.3 Å². The van der Waals surface area contributed by atoms with E-state index in [-0.39, 0.29) is 27.8 Å². The predicted molar refractivity (Wildman–Crippen MR) is 370 cm³/mol. The average Bonchev–Trinajstić information content (AvgIpc) is 1.60. The van der Waals surface area contributed by atoms with Crippen molar-refractivity contribution in [3.63, 3.8) is 0 Å². The average molecular weight is 1360 g/mol. The van der Waals surface area contributed by atoms with Crippen molar-refractivity contribution in [3.8, 4) is 50.8 Å². The monoisotopic (exact) mass is 1360 g/mol. The Morgan fingerprint density at radius 1 is 0.473 bits per heavy atom. The second kappa shape index (κ2) is 20.4. The SMILES string of the molecule is C[Si]1(C)c2ccc(Oc3[c-]c(-n4c5cc6c7c(c5c5cccnc54)N(c4ccccc4)c4cccc5c4B7c4c(cccc4N6c4ccccc4)N5c4ccccc4)ccc3)[c-]c2-n2[c-][n+](-c3c(-c4ccccc4)cccc3-c3ccccc3)c3cccc1c32.[Pt]. The van der Waals surface area contributed by atoms with E-state index in [0.717, 1.165) is 112 Å². The molecule has 0 radical (unpaired) electrons. The van der Waals surface area contributed by atoms with Gasteiger partial charge in [-0.1, -0.05) is 188 Å². The van der Waals surface area contributed by atoms with E-state index in [1.807, 2.05) is 12.3 Å². The summed E-state index contributed by atoms with van der Waals surface area (Å²) in [6.45, 7) is 4.81. The second-order valence-corrected chi connectivity index (χ2v) is 28.5. The molecule has 3 aromatic heterocycles. The van der Waals surface area contributed by atoms with Crippen molar-refractivity contribution in [2.75, 3.05) is 14.7 Å². The first kappa shape index (κ1) is 53.3. The van der Waals surface area contributed by atoms with Crippen LogP contribution in [0.3, 0.4) is 0 Å². The molecule has 8 nitrogen and oxygen atoms in total. The summed E-state index contributed by atoms with van der Waals surface area (Å²) < 4.78 is 13.9. The molecule has 0 saturated heterocycles. The third kappa shape index (κ3) is 7.73. The van der Waals surface area contributed by atoms with E-state index in [1.54, 1.807) is 0 Å². The van der Waals surface area contributed by atoms with Crippen LogP contribution in [0.15, 0.2) is 279 Å². The minimum atomic E-state index is -2.31. The van der Waals surface area contributed by atoms with Crippen LogP contribution in [0, 0.1) is 18.5 Å². The molecule has 4 aliphatic rings. The van der Waals surface area contributed by atoms with Gasteiger partial charge in [-0.3, -0.25) is 4.57 Å². The largest absolute Gasteiger partial charge is 0.510 e. The quantitative estimate of drug-likeness (QED) is 0.0819. The van der Waals surface area contributed by atoms with Crippen LogP contribution in [0.4, 0.5) is 51.2 Å². The smallest absolute Gasteiger partial charge is 0.268 e. The summed E-state index contributed by atoms with van der Waals surface area (Å²) in [6.07, 6.45) is 5.85. The first-order valence-electron chi connectivity index (χ1n) is 30.7. The van der Waals surface area contributed by atoms with E-state index in [9.17, 15) is 0 Å². The van der Waals surface area contributed by atoms with Gasteiger partial charge >= 0.3 is 0 Å². The van der Waals surface area contributed by atoms with Crippen molar-refractivity contribution < 1.29 is 30.4 Å². The number of pyridine rings is 1. The van der Waals surface area contributed by atoms with E-state index in [4.69, 9.17) is 9.72 Å². The molecule has 4 aliphatic heterocycles. The van der Waals surface area contributed by atoms with Gasteiger partial charge < -0.3 is 28.6 Å². The van der Waals surface area contributed by atoms with Gasteiger partial charge in [-0.25, -0.2) is 4.98 Å². The molecule has 15 aromatic rings. The molecular weight excluding hydrogens is 1310 g/mol. The number of imidazole rings is 1. The van der Waals surface area contributed by atoms with Gasteiger partial charge in [0, 0.05) is 103 Å². The Morgan fingerprint density at radius 3 is 1.64 bits per heavy atom. The van der Waals surface area contributed by atoms with Crippen molar-refractivity contribution >= 4 is 126 Å². The molecule has 12 aromatic carbocycles. The first-order chi connectivity index (χ1) is 44.5. The fraction of sp³-hybridized carbons (Fsp3) is 0.0250. The summed E-state index contributed by atoms with van der Waals surface area (Å²) in [7, 11) is -2.31. The summed E-state index contributed by atoms with van der Waals surface area (Å²) in [5, 5.41) is 4.78. The zero-order valence-electron chi connectivity index (χ0n) is 49.5. The molecule has 0 amide bonds. The number of aromatic nitrogens is 4. The van der Waals surface area contributed by atoms with Crippen molar-refractivity contribution in [1.82, 2.24) is 14.1 Å². The van der Waals surface area contributed by atoms with Crippen LogP contribution in [0.1, 0.15) is 0 Å². The third-order valence-corrected chi connectivity index (χ3v) is 22.6. The molecule has 11 heteroatoms. The molecule has 0 atom stereocenters. The van der Waals surface area contributed by atoms with Crippen LogP contribution >= 0.6 is 0 Å². The normalized spacial score (nSPS) is 13.5. The number of fused-ring (bicyclic) bond motifs is 6. The molecule has 0 aliphatic carbocycles. The Hall–Kier alpha value is -10.8. The molecular formula is C80H52BN7OPtSi-2. The van der Waals surface area contributed by atoms with Crippen molar-refractivity contribution in [2.24, 2.45) is 0 Å². The molecule has 0 spiro atoms. The summed E-state index contributed by atoms with van der Waals surface area (Å²) in [5.74, 6) is 1.15. The minimum Gasteiger partial charge on any atom is -0.510 e. The van der Waals surface area contributed by atoms with E-state index in [0.29, 0.717) is 11.5 Å². The number of hydrogen-bond donors (Lipinski definition) is 0. The predicted octanol–water partition coefficient (Wildman–Crippen LogP) is 15.9. The Morgan fingerprint density at radius 2 is 1.01 bits per heavy atom.